The maximum absolute atomic E-state index is 10.6. The monoisotopic (exact) mass is 432 g/mol. The van der Waals surface area contributed by atoms with Crippen molar-refractivity contribution in [1.82, 2.24) is 0 Å². The van der Waals surface area contributed by atoms with E-state index in [-0.39, 0.29) is 0 Å². The molecule has 0 aliphatic heterocycles. The summed E-state index contributed by atoms with van der Waals surface area (Å²) in [6.07, 6.45) is 0.796. The van der Waals surface area contributed by atoms with Crippen LogP contribution in [0, 0.1) is 0 Å². The lowest BCUT2D eigenvalue weighted by molar-refractivity contribution is 0.112. The number of aldehydes is 1. The van der Waals surface area contributed by atoms with Crippen LogP contribution in [0.4, 0.5) is 0 Å². The minimum atomic E-state index is 0.601. The van der Waals surface area contributed by atoms with Gasteiger partial charge in [-0.05, 0) is 68.3 Å². The molecule has 18 heavy (non-hydrogen) atoms. The lowest BCUT2D eigenvalue weighted by atomic mass is 10.2. The van der Waals surface area contributed by atoms with E-state index in [4.69, 9.17) is 4.74 Å². The molecule has 2 rings (SSSR count). The fraction of sp³-hybridized carbons (Fsp3) is 0. The number of carbonyl (C=O) groups excluding carboxylic acids is 1. The number of halogens is 3. The van der Waals surface area contributed by atoms with Gasteiger partial charge in [-0.1, -0.05) is 15.9 Å². The Bertz CT molecular complexity index is 597. The Kier molecular flexibility index (Phi) is 4.59. The second-order valence-electron chi connectivity index (χ2n) is 3.48. The molecule has 0 N–H and O–H groups in total. The molecule has 92 valence electrons. The van der Waals surface area contributed by atoms with E-state index in [1.165, 1.54) is 0 Å². The van der Waals surface area contributed by atoms with Crippen LogP contribution in [0.5, 0.6) is 11.5 Å². The van der Waals surface area contributed by atoms with E-state index in [1.807, 2.05) is 18.2 Å². The second-order valence-corrected chi connectivity index (χ2v) is 6.11. The van der Waals surface area contributed by atoms with Gasteiger partial charge in [0, 0.05) is 10.0 Å². The first kappa shape index (κ1) is 13.8. The van der Waals surface area contributed by atoms with Crippen molar-refractivity contribution in [2.75, 3.05) is 0 Å². The normalized spacial score (nSPS) is 10.2. The summed E-state index contributed by atoms with van der Waals surface area (Å²) in [5.41, 5.74) is 0.601. The number of carbonyl (C=O) groups is 1. The predicted molar refractivity (Wildman–Crippen MR) is 81.4 cm³/mol. The summed E-state index contributed by atoms with van der Waals surface area (Å²) in [7, 11) is 0. The molecule has 0 aromatic heterocycles. The first-order valence-electron chi connectivity index (χ1n) is 4.98. The minimum Gasteiger partial charge on any atom is -0.455 e. The molecule has 2 nitrogen and oxygen atoms in total. The van der Waals surface area contributed by atoms with Gasteiger partial charge in [0.15, 0.2) is 0 Å². The van der Waals surface area contributed by atoms with Gasteiger partial charge in [0.25, 0.3) is 0 Å². The summed E-state index contributed by atoms with van der Waals surface area (Å²) in [6, 6.07) is 10.8. The highest BCUT2D eigenvalue weighted by molar-refractivity contribution is 9.11. The molecule has 0 spiro atoms. The van der Waals surface area contributed by atoms with Crippen molar-refractivity contribution in [2.45, 2.75) is 0 Å². The fourth-order valence-electron chi connectivity index (χ4n) is 1.35. The third-order valence-electron chi connectivity index (χ3n) is 2.21. The van der Waals surface area contributed by atoms with E-state index < -0.39 is 0 Å². The lowest BCUT2D eigenvalue weighted by Gasteiger charge is -2.10. The molecule has 0 aliphatic rings. The van der Waals surface area contributed by atoms with Crippen LogP contribution in [0.3, 0.4) is 0 Å². The summed E-state index contributed by atoms with van der Waals surface area (Å²) in [5, 5.41) is 0. The molecule has 0 atom stereocenters. The number of hydrogen-bond acceptors (Lipinski definition) is 2. The minimum absolute atomic E-state index is 0.601. The van der Waals surface area contributed by atoms with Gasteiger partial charge in [0.05, 0.1) is 8.95 Å². The van der Waals surface area contributed by atoms with Gasteiger partial charge in [-0.2, -0.15) is 0 Å². The first-order valence-corrected chi connectivity index (χ1v) is 7.35. The Morgan fingerprint density at radius 1 is 0.889 bits per heavy atom. The molecule has 0 radical (unpaired) electrons. The molecular weight excluding hydrogens is 428 g/mol. The summed E-state index contributed by atoms with van der Waals surface area (Å²) in [5.74, 6) is 1.36. The Morgan fingerprint density at radius 3 is 2.06 bits per heavy atom. The third-order valence-corrected chi connectivity index (χ3v) is 3.94. The topological polar surface area (TPSA) is 26.3 Å². The molecule has 0 unspecified atom stereocenters. The zero-order valence-electron chi connectivity index (χ0n) is 8.99. The van der Waals surface area contributed by atoms with Gasteiger partial charge in [0.1, 0.15) is 17.8 Å². The van der Waals surface area contributed by atoms with E-state index in [0.717, 1.165) is 19.7 Å². The van der Waals surface area contributed by atoms with E-state index in [2.05, 4.69) is 47.8 Å². The van der Waals surface area contributed by atoms with Crippen molar-refractivity contribution < 1.29 is 9.53 Å². The molecule has 0 bridgehead atoms. The van der Waals surface area contributed by atoms with Gasteiger partial charge in [-0.15, -0.1) is 0 Å². The van der Waals surface area contributed by atoms with Crippen LogP contribution >= 0.6 is 47.8 Å². The van der Waals surface area contributed by atoms with Crippen LogP contribution in [-0.2, 0) is 0 Å². The molecule has 0 heterocycles. The third kappa shape index (κ3) is 3.22. The molecule has 2 aromatic rings. The van der Waals surface area contributed by atoms with Crippen LogP contribution in [0.2, 0.25) is 0 Å². The van der Waals surface area contributed by atoms with E-state index in [9.17, 15) is 4.79 Å². The maximum atomic E-state index is 10.6. The number of hydrogen-bond donors (Lipinski definition) is 0. The number of benzene rings is 2. The van der Waals surface area contributed by atoms with Crippen molar-refractivity contribution in [3.05, 3.63) is 55.4 Å². The van der Waals surface area contributed by atoms with Crippen LogP contribution < -0.4 is 4.74 Å². The van der Waals surface area contributed by atoms with Crippen molar-refractivity contribution in [3.8, 4) is 11.5 Å². The SMILES string of the molecule is O=Cc1ccc(Oc2ccc(Br)cc2Br)c(Br)c1. The van der Waals surface area contributed by atoms with Crippen molar-refractivity contribution in [3.63, 3.8) is 0 Å². The summed E-state index contributed by atoms with van der Waals surface area (Å²) in [4.78, 5) is 10.6. The van der Waals surface area contributed by atoms with Crippen molar-refractivity contribution in [2.24, 2.45) is 0 Å². The zero-order valence-corrected chi connectivity index (χ0v) is 13.7. The lowest BCUT2D eigenvalue weighted by Crippen LogP contribution is -1.88. The van der Waals surface area contributed by atoms with Gasteiger partial charge in [0.2, 0.25) is 0 Å². The molecule has 0 amide bonds. The highest BCUT2D eigenvalue weighted by atomic mass is 79.9. The number of rotatable bonds is 3. The van der Waals surface area contributed by atoms with E-state index in [0.29, 0.717) is 17.1 Å². The molecule has 0 fully saturated rings. The Morgan fingerprint density at radius 2 is 1.50 bits per heavy atom. The average molecular weight is 435 g/mol. The predicted octanol–water partition coefficient (Wildman–Crippen LogP) is 5.58. The smallest absolute Gasteiger partial charge is 0.150 e. The number of ether oxygens (including phenoxy) is 1. The Balaban J connectivity index is 2.31. The highest BCUT2D eigenvalue weighted by Gasteiger charge is 2.07. The quantitative estimate of drug-likeness (QED) is 0.589. The molecule has 0 aliphatic carbocycles. The highest BCUT2D eigenvalue weighted by Crippen LogP contribution is 2.35. The van der Waals surface area contributed by atoms with Crippen LogP contribution in [0.1, 0.15) is 10.4 Å². The van der Waals surface area contributed by atoms with E-state index in [1.54, 1.807) is 18.2 Å². The molecular formula is C13H7Br3O2. The Hall–Kier alpha value is -0.650. The van der Waals surface area contributed by atoms with Crippen LogP contribution in [-0.4, -0.2) is 6.29 Å². The maximum Gasteiger partial charge on any atom is 0.150 e. The van der Waals surface area contributed by atoms with Crippen molar-refractivity contribution in [1.29, 1.82) is 0 Å². The Labute approximate surface area is 130 Å². The van der Waals surface area contributed by atoms with E-state index >= 15 is 0 Å². The van der Waals surface area contributed by atoms with Gasteiger partial charge in [-0.3, -0.25) is 4.79 Å². The van der Waals surface area contributed by atoms with Gasteiger partial charge in [-0.25, -0.2) is 0 Å². The van der Waals surface area contributed by atoms with Gasteiger partial charge >= 0.3 is 0 Å². The van der Waals surface area contributed by atoms with Crippen LogP contribution in [0.25, 0.3) is 0 Å². The van der Waals surface area contributed by atoms with Crippen LogP contribution in [0.15, 0.2) is 49.8 Å². The second kappa shape index (κ2) is 5.99. The molecule has 0 saturated heterocycles. The molecule has 5 heteroatoms. The fourth-order valence-corrected chi connectivity index (χ4v) is 2.96. The molecule has 0 saturated carbocycles. The standard InChI is InChI=1S/C13H7Br3O2/c14-9-2-4-13(11(16)6-9)18-12-3-1-8(7-17)5-10(12)15/h1-7H. The van der Waals surface area contributed by atoms with Gasteiger partial charge < -0.3 is 4.74 Å². The summed E-state index contributed by atoms with van der Waals surface area (Å²) in [6.45, 7) is 0. The molecule has 2 aromatic carbocycles. The van der Waals surface area contributed by atoms with Crippen molar-refractivity contribution >= 4 is 54.1 Å². The zero-order chi connectivity index (χ0) is 13.1. The average Bonchev–Trinajstić information content (AvgIpc) is 2.34. The first-order chi connectivity index (χ1) is 8.60. The summed E-state index contributed by atoms with van der Waals surface area (Å²) < 4.78 is 8.32. The summed E-state index contributed by atoms with van der Waals surface area (Å²) >= 11 is 10.2. The largest absolute Gasteiger partial charge is 0.455 e.